The zero-order valence-electron chi connectivity index (χ0n) is 35.9. The average Bonchev–Trinajstić information content (AvgIpc) is 3.83. The van der Waals surface area contributed by atoms with Crippen LogP contribution in [0.1, 0.15) is 72.5 Å². The van der Waals surface area contributed by atoms with Gasteiger partial charge in [-0.25, -0.2) is 14.1 Å². The number of amides is 6. The smallest absolute Gasteiger partial charge is 0.413 e. The number of likely N-dealkylation sites (N-methyl/N-ethyl adjacent to an activating group) is 1. The fourth-order valence-corrected chi connectivity index (χ4v) is 9.63. The third kappa shape index (κ3) is 7.27. The summed E-state index contributed by atoms with van der Waals surface area (Å²) >= 11 is 0. The number of carbonyl (C=O) groups is 6. The normalized spacial score (nSPS) is 22.4. The van der Waals surface area contributed by atoms with E-state index in [-0.39, 0.29) is 103 Å². The van der Waals surface area contributed by atoms with E-state index in [1.54, 1.807) is 91.7 Å². The van der Waals surface area contributed by atoms with Crippen molar-refractivity contribution in [3.8, 4) is 28.6 Å². The monoisotopic (exact) mass is 872 g/mol. The van der Waals surface area contributed by atoms with Gasteiger partial charge in [0.15, 0.2) is 11.9 Å². The maximum Gasteiger partial charge on any atom is 0.413 e. The molecule has 3 aliphatic heterocycles. The Labute approximate surface area is 368 Å². The number of quaternary nitrogens is 1. The number of imide groups is 1. The molecule has 3 atom stereocenters. The molecule has 332 valence electrons. The predicted molar refractivity (Wildman–Crippen MR) is 232 cm³/mol. The molecule has 18 heteroatoms. The molecule has 2 fully saturated rings. The van der Waals surface area contributed by atoms with Gasteiger partial charge in [0.1, 0.15) is 23.7 Å². The number of carbonyl (C=O) groups excluding carboxylic acids is 5. The van der Waals surface area contributed by atoms with E-state index in [0.717, 1.165) is 0 Å². The topological polar surface area (TPSA) is 228 Å². The summed E-state index contributed by atoms with van der Waals surface area (Å²) in [5.74, 6) is -2.43. The zero-order valence-corrected chi connectivity index (χ0v) is 35.9. The van der Waals surface area contributed by atoms with Crippen LogP contribution in [-0.4, -0.2) is 138 Å². The number of phenolic OH excluding ortho intramolecular Hbond substituents is 2. The van der Waals surface area contributed by atoms with Crippen LogP contribution in [0.3, 0.4) is 0 Å². The summed E-state index contributed by atoms with van der Waals surface area (Å²) in [6, 6.07) is 17.2. The molecule has 1 aromatic heterocycles. The molecule has 1 aliphatic carbocycles. The minimum Gasteiger partial charge on any atom is -0.508 e. The fraction of sp³-hybridized carbons (Fsp3) is 0.348. The standard InChI is InChI=1S/C46H49N9O9/c1-5-47-42(60)40-50-49-39(33-24-32(27(2)3)36(56)25-37(33)57)53(40)29-15-13-28(14-16-29)43(61)51-20-22-52(23-21-51)46(54(45(63)64)30-10-7-6-8-11-30)19-9-12-31-34(46)26-55(4,44(31)62)35-17-18-38(58)48-41(35)59/h6-16,24-25,27,35H,5,17-23,26H2,1-4H3,(H4-,47,48,49,56,57,58,59,60,63,64)/p+1. The summed E-state index contributed by atoms with van der Waals surface area (Å²) in [6.45, 7) is 6.78. The molecule has 3 unspecified atom stereocenters. The van der Waals surface area contributed by atoms with Crippen molar-refractivity contribution in [2.45, 2.75) is 57.7 Å². The van der Waals surface area contributed by atoms with Crippen LogP contribution in [0.15, 0.2) is 90.0 Å². The second kappa shape index (κ2) is 16.8. The van der Waals surface area contributed by atoms with Gasteiger partial charge in [0.05, 0.1) is 18.2 Å². The van der Waals surface area contributed by atoms with Crippen LogP contribution >= 0.6 is 0 Å². The number of hydrogen-bond acceptors (Lipinski definition) is 11. The highest BCUT2D eigenvalue weighted by Gasteiger charge is 2.61. The number of para-hydroxylation sites is 1. The minimum atomic E-state index is -1.40. The van der Waals surface area contributed by atoms with Gasteiger partial charge in [-0.1, -0.05) is 38.1 Å². The van der Waals surface area contributed by atoms with Crippen molar-refractivity contribution < 1.29 is 48.6 Å². The van der Waals surface area contributed by atoms with Crippen molar-refractivity contribution in [3.63, 3.8) is 0 Å². The number of piperazine rings is 1. The Morgan fingerprint density at radius 1 is 0.969 bits per heavy atom. The van der Waals surface area contributed by atoms with E-state index in [0.29, 0.717) is 40.2 Å². The molecule has 2 saturated heterocycles. The number of nitrogens with one attached hydrogen (secondary N) is 2. The number of nitrogens with zero attached hydrogens (tertiary/aromatic N) is 7. The Hall–Kier alpha value is -7.18. The van der Waals surface area contributed by atoms with Gasteiger partial charge in [-0.05, 0) is 66.9 Å². The summed E-state index contributed by atoms with van der Waals surface area (Å²) in [7, 11) is 1.67. The van der Waals surface area contributed by atoms with Crippen LogP contribution in [-0.2, 0) is 14.4 Å². The molecule has 4 heterocycles. The Bertz CT molecular complexity index is 2630. The van der Waals surface area contributed by atoms with Gasteiger partial charge in [-0.2, -0.15) is 0 Å². The maximum atomic E-state index is 14.4. The zero-order chi connectivity index (χ0) is 45.7. The second-order valence-corrected chi connectivity index (χ2v) is 16.9. The molecule has 0 radical (unpaired) electrons. The minimum absolute atomic E-state index is 0.0358. The Kier molecular flexibility index (Phi) is 11.4. The molecule has 5 N–H and O–H groups in total. The van der Waals surface area contributed by atoms with Gasteiger partial charge in [-0.3, -0.25) is 38.9 Å². The number of piperidine rings is 1. The molecule has 0 bridgehead atoms. The SMILES string of the molecule is CCNC(=O)c1nnc(-c2cc(C(C)C)c(O)cc2O)n1-c1ccc(C(=O)N2CCN(C3(N(C(=O)O)c4ccccc4)CC=CC4=C3C[N+](C)(C3CCC(=O)NC3=O)C4=O)CC2)cc1. The van der Waals surface area contributed by atoms with E-state index in [4.69, 9.17) is 0 Å². The van der Waals surface area contributed by atoms with Crippen molar-refractivity contribution in [2.75, 3.05) is 51.2 Å². The lowest BCUT2D eigenvalue weighted by Crippen LogP contribution is -2.69. The number of phenols is 2. The number of aromatic nitrogens is 3. The molecule has 0 spiro atoms. The highest BCUT2D eigenvalue weighted by molar-refractivity contribution is 6.03. The van der Waals surface area contributed by atoms with E-state index in [2.05, 4.69) is 20.8 Å². The highest BCUT2D eigenvalue weighted by Crippen LogP contribution is 2.47. The molecule has 6 amide bonds. The second-order valence-electron chi connectivity index (χ2n) is 16.9. The number of rotatable bonds is 10. The van der Waals surface area contributed by atoms with Crippen molar-refractivity contribution in [2.24, 2.45) is 0 Å². The number of aromatic hydroxyl groups is 2. The van der Waals surface area contributed by atoms with Gasteiger partial charge in [-0.15, -0.1) is 10.2 Å². The molecular formula is C46H50N9O9+. The largest absolute Gasteiger partial charge is 0.508 e. The summed E-state index contributed by atoms with van der Waals surface area (Å²) in [4.78, 5) is 85.7. The van der Waals surface area contributed by atoms with E-state index in [1.807, 2.05) is 18.7 Å². The lowest BCUT2D eigenvalue weighted by Gasteiger charge is -2.53. The molecule has 64 heavy (non-hydrogen) atoms. The van der Waals surface area contributed by atoms with Crippen molar-refractivity contribution in [1.29, 1.82) is 0 Å². The molecular weight excluding hydrogens is 823 g/mol. The van der Waals surface area contributed by atoms with Crippen molar-refractivity contribution in [1.82, 2.24) is 35.2 Å². The van der Waals surface area contributed by atoms with Gasteiger partial charge in [0, 0.05) is 80.6 Å². The summed E-state index contributed by atoms with van der Waals surface area (Å²) in [5, 5.41) is 46.1. The van der Waals surface area contributed by atoms with E-state index >= 15 is 0 Å². The van der Waals surface area contributed by atoms with Gasteiger partial charge >= 0.3 is 12.0 Å². The van der Waals surface area contributed by atoms with Crippen LogP contribution in [0.25, 0.3) is 17.1 Å². The van der Waals surface area contributed by atoms with Crippen LogP contribution < -0.4 is 15.5 Å². The van der Waals surface area contributed by atoms with Crippen molar-refractivity contribution >= 4 is 41.3 Å². The first-order valence-electron chi connectivity index (χ1n) is 21.3. The molecule has 3 aromatic carbocycles. The van der Waals surface area contributed by atoms with Gasteiger partial charge < -0.3 is 25.5 Å². The Morgan fingerprint density at radius 2 is 1.67 bits per heavy atom. The van der Waals surface area contributed by atoms with E-state index in [9.17, 15) is 44.1 Å². The number of anilines is 1. The molecule has 18 nitrogen and oxygen atoms in total. The van der Waals surface area contributed by atoms with E-state index < -0.39 is 35.5 Å². The Balaban J connectivity index is 1.09. The fourth-order valence-electron chi connectivity index (χ4n) is 9.63. The number of benzene rings is 3. The molecule has 8 rings (SSSR count). The molecule has 4 aliphatic rings. The highest BCUT2D eigenvalue weighted by atomic mass is 16.4. The summed E-state index contributed by atoms with van der Waals surface area (Å²) in [6.07, 6.45) is 2.70. The molecule has 4 aromatic rings. The first-order chi connectivity index (χ1) is 30.6. The predicted octanol–water partition coefficient (Wildman–Crippen LogP) is 3.91. The van der Waals surface area contributed by atoms with E-state index in [1.165, 1.54) is 15.5 Å². The number of hydrogen-bond donors (Lipinski definition) is 5. The first-order valence-corrected chi connectivity index (χ1v) is 21.3. The lowest BCUT2D eigenvalue weighted by atomic mass is 9.84. The van der Waals surface area contributed by atoms with Crippen LogP contribution in [0.2, 0.25) is 0 Å². The third-order valence-electron chi connectivity index (χ3n) is 12.8. The summed E-state index contributed by atoms with van der Waals surface area (Å²) < 4.78 is 1.14. The average molecular weight is 873 g/mol. The van der Waals surface area contributed by atoms with Gasteiger partial charge in [0.25, 0.3) is 17.7 Å². The van der Waals surface area contributed by atoms with Crippen LogP contribution in [0.5, 0.6) is 11.5 Å². The quantitative estimate of drug-likeness (QED) is 0.113. The maximum absolute atomic E-state index is 14.4. The van der Waals surface area contributed by atoms with Crippen molar-refractivity contribution in [3.05, 3.63) is 107 Å². The first kappa shape index (κ1) is 43.5. The number of carboxylic acid groups (broad SMARTS) is 1. The van der Waals surface area contributed by atoms with Gasteiger partial charge in [0.2, 0.25) is 11.7 Å². The Morgan fingerprint density at radius 3 is 2.31 bits per heavy atom. The molecule has 0 saturated carbocycles. The summed E-state index contributed by atoms with van der Waals surface area (Å²) in [5.41, 5.74) is 1.44. The lowest BCUT2D eigenvalue weighted by molar-refractivity contribution is -0.841. The van der Waals surface area contributed by atoms with Crippen LogP contribution in [0, 0.1) is 0 Å². The third-order valence-corrected chi connectivity index (χ3v) is 12.8. The van der Waals surface area contributed by atoms with Crippen LogP contribution in [0.4, 0.5) is 10.5 Å².